The van der Waals surface area contributed by atoms with Gasteiger partial charge in [-0.05, 0) is 44.1 Å². The molecule has 192 valence electrons. The number of hydrogen-bond acceptors (Lipinski definition) is 8. The van der Waals surface area contributed by atoms with Crippen LogP contribution in [0.3, 0.4) is 0 Å². The van der Waals surface area contributed by atoms with Crippen LogP contribution in [0, 0.1) is 6.92 Å². The Labute approximate surface area is 219 Å². The number of carbonyl (C=O) groups excluding carboxylic acids is 3. The van der Waals surface area contributed by atoms with Gasteiger partial charge in [-0.2, -0.15) is 0 Å². The van der Waals surface area contributed by atoms with Gasteiger partial charge in [0.2, 0.25) is 11.0 Å². The predicted octanol–water partition coefficient (Wildman–Crippen LogP) is 2.60. The molecule has 2 N–H and O–H groups in total. The van der Waals surface area contributed by atoms with Crippen LogP contribution in [0.4, 0.5) is 5.13 Å². The Morgan fingerprint density at radius 3 is 2.50 bits per heavy atom. The normalized spacial score (nSPS) is 19.0. The van der Waals surface area contributed by atoms with Gasteiger partial charge in [-0.15, -0.1) is 10.2 Å². The summed E-state index contributed by atoms with van der Waals surface area (Å²) < 4.78 is 0. The summed E-state index contributed by atoms with van der Waals surface area (Å²) in [6, 6.07) is 3.01. The average molecular weight is 530 g/mol. The van der Waals surface area contributed by atoms with Crippen LogP contribution in [0.1, 0.15) is 72.7 Å². The van der Waals surface area contributed by atoms with Gasteiger partial charge in [-0.3, -0.25) is 29.6 Å². The quantitative estimate of drug-likeness (QED) is 0.567. The molecule has 1 atom stereocenters. The zero-order valence-electron chi connectivity index (χ0n) is 21.1. The van der Waals surface area contributed by atoms with Crippen LogP contribution in [-0.2, 0) is 15.0 Å². The van der Waals surface area contributed by atoms with Gasteiger partial charge in [0.15, 0.2) is 5.11 Å². The largest absolute Gasteiger partial charge is 0.350 e. The van der Waals surface area contributed by atoms with Crippen molar-refractivity contribution in [2.24, 2.45) is 0 Å². The molecule has 2 aliphatic rings. The second-order valence-corrected chi connectivity index (χ2v) is 11.6. The van der Waals surface area contributed by atoms with Gasteiger partial charge < -0.3 is 10.2 Å². The number of hydrogen-bond donors (Lipinski definition) is 2. The minimum atomic E-state index is -0.611. The Kier molecular flexibility index (Phi) is 7.37. The molecule has 0 radical (unpaired) electrons. The Morgan fingerprint density at radius 1 is 1.22 bits per heavy atom. The molecule has 0 saturated carbocycles. The first-order valence-electron chi connectivity index (χ1n) is 11.9. The number of thiocarbonyl (C=S) groups is 1. The fourth-order valence-corrected chi connectivity index (χ4v) is 5.34. The second-order valence-electron chi connectivity index (χ2n) is 10.3. The van der Waals surface area contributed by atoms with Gasteiger partial charge in [-0.25, -0.2) is 0 Å². The highest BCUT2D eigenvalue weighted by atomic mass is 32.1. The fraction of sp³-hybridized carbons (Fsp3) is 0.542. The monoisotopic (exact) mass is 529 g/mol. The maximum atomic E-state index is 13.2. The van der Waals surface area contributed by atoms with Gasteiger partial charge in [0.05, 0.1) is 17.7 Å². The third-order valence-corrected chi connectivity index (χ3v) is 8.10. The molecule has 0 bridgehead atoms. The number of nitrogens with one attached hydrogen (secondary N) is 2. The highest BCUT2D eigenvalue weighted by Gasteiger charge is 2.36. The Hall–Kier alpha value is -2.99. The van der Waals surface area contributed by atoms with Crippen molar-refractivity contribution in [3.8, 4) is 0 Å². The number of aryl methyl sites for hydroxylation is 1. The molecule has 0 spiro atoms. The third-order valence-electron chi connectivity index (χ3n) is 6.44. The van der Waals surface area contributed by atoms with Crippen LogP contribution in [0.25, 0.3) is 0 Å². The molecular weight excluding hydrogens is 498 g/mol. The van der Waals surface area contributed by atoms with E-state index in [1.165, 1.54) is 16.2 Å². The van der Waals surface area contributed by atoms with Crippen molar-refractivity contribution in [1.29, 1.82) is 0 Å². The van der Waals surface area contributed by atoms with Gasteiger partial charge in [0.25, 0.3) is 11.8 Å². The van der Waals surface area contributed by atoms with E-state index in [9.17, 15) is 14.4 Å². The average Bonchev–Trinajstić information content (AvgIpc) is 3.40. The van der Waals surface area contributed by atoms with E-state index in [2.05, 4.69) is 20.8 Å². The van der Waals surface area contributed by atoms with Crippen molar-refractivity contribution >= 4 is 51.5 Å². The van der Waals surface area contributed by atoms with Crippen LogP contribution in [-0.4, -0.2) is 74.0 Å². The van der Waals surface area contributed by atoms with E-state index in [1.54, 1.807) is 18.0 Å². The Bertz CT molecular complexity index is 1200. The predicted molar refractivity (Wildman–Crippen MR) is 141 cm³/mol. The first kappa shape index (κ1) is 26.1. The number of likely N-dealkylation sites (tertiary alicyclic amines) is 1. The van der Waals surface area contributed by atoms with Crippen molar-refractivity contribution in [1.82, 2.24) is 30.3 Å². The van der Waals surface area contributed by atoms with Crippen molar-refractivity contribution in [2.75, 3.05) is 25.5 Å². The molecule has 4 heterocycles. The number of rotatable bonds is 5. The van der Waals surface area contributed by atoms with Gasteiger partial charge in [0, 0.05) is 37.2 Å². The van der Waals surface area contributed by atoms with E-state index in [1.807, 2.05) is 33.8 Å². The summed E-state index contributed by atoms with van der Waals surface area (Å²) in [5.74, 6) is -0.496. The van der Waals surface area contributed by atoms with Gasteiger partial charge >= 0.3 is 0 Å². The lowest BCUT2D eigenvalue weighted by Crippen LogP contribution is -2.42. The molecular formula is C24H31N7O3S2. The molecule has 2 saturated heterocycles. The Morgan fingerprint density at radius 2 is 1.92 bits per heavy atom. The van der Waals surface area contributed by atoms with E-state index >= 15 is 0 Å². The number of amides is 3. The lowest BCUT2D eigenvalue weighted by Gasteiger charge is -2.33. The number of pyridine rings is 1. The van der Waals surface area contributed by atoms with Crippen LogP contribution < -0.4 is 10.6 Å². The summed E-state index contributed by atoms with van der Waals surface area (Å²) in [5.41, 5.74) is 1.93. The summed E-state index contributed by atoms with van der Waals surface area (Å²) in [6.07, 6.45) is 1.43. The Balaban J connectivity index is 1.41. The highest BCUT2D eigenvalue weighted by Crippen LogP contribution is 2.31. The second kappa shape index (κ2) is 10.2. The summed E-state index contributed by atoms with van der Waals surface area (Å²) in [4.78, 5) is 46.1. The fourth-order valence-electron chi connectivity index (χ4n) is 4.31. The first-order valence-corrected chi connectivity index (χ1v) is 13.1. The molecule has 2 aliphatic heterocycles. The molecule has 1 unspecified atom stereocenters. The zero-order valence-corrected chi connectivity index (χ0v) is 22.8. The molecule has 2 aromatic heterocycles. The van der Waals surface area contributed by atoms with Crippen LogP contribution in [0.5, 0.6) is 0 Å². The van der Waals surface area contributed by atoms with Crippen LogP contribution in [0.2, 0.25) is 0 Å². The SMILES string of the molecule is Cc1ccc(C(=O)Nc2nnc(C(C)(C)C)s2)c(C2CCN(C(=O)CC3NC(=S)N(C)C3=O)CC2)n1. The standard InChI is InChI=1S/C24H31N7O3S2/c1-13-6-7-15(19(33)27-22-29-28-21(36-22)24(2,3)4)18(25-13)14-8-10-31(11-9-14)17(32)12-16-20(34)30(5)23(35)26-16/h6-7,14,16H,8-12H2,1-5H3,(H,26,35)(H,27,29,33). The van der Waals surface area contributed by atoms with Crippen molar-refractivity contribution < 1.29 is 14.4 Å². The lowest BCUT2D eigenvalue weighted by atomic mass is 9.89. The molecule has 4 rings (SSSR count). The maximum absolute atomic E-state index is 13.2. The molecule has 36 heavy (non-hydrogen) atoms. The van der Waals surface area contributed by atoms with Crippen molar-refractivity contribution in [2.45, 2.75) is 64.3 Å². The summed E-state index contributed by atoms with van der Waals surface area (Å²) >= 11 is 6.46. The van der Waals surface area contributed by atoms with E-state index in [-0.39, 0.29) is 35.5 Å². The molecule has 2 aromatic rings. The molecule has 12 heteroatoms. The topological polar surface area (TPSA) is 120 Å². The number of likely N-dealkylation sites (N-methyl/N-ethyl adjacent to an activating group) is 1. The third kappa shape index (κ3) is 5.54. The number of nitrogens with zero attached hydrogens (tertiary/aromatic N) is 5. The molecule has 3 amide bonds. The van der Waals surface area contributed by atoms with Crippen molar-refractivity contribution in [3.05, 3.63) is 34.1 Å². The van der Waals surface area contributed by atoms with Gasteiger partial charge in [0.1, 0.15) is 11.0 Å². The highest BCUT2D eigenvalue weighted by molar-refractivity contribution is 7.80. The van der Waals surface area contributed by atoms with Crippen LogP contribution in [0.15, 0.2) is 12.1 Å². The smallest absolute Gasteiger partial charge is 0.259 e. The lowest BCUT2D eigenvalue weighted by molar-refractivity contribution is -0.136. The van der Waals surface area contributed by atoms with E-state index in [0.29, 0.717) is 41.7 Å². The summed E-state index contributed by atoms with van der Waals surface area (Å²) in [6.45, 7) is 9.12. The van der Waals surface area contributed by atoms with Crippen molar-refractivity contribution in [3.63, 3.8) is 0 Å². The molecule has 0 aliphatic carbocycles. The van der Waals surface area contributed by atoms with E-state index in [4.69, 9.17) is 17.2 Å². The minimum Gasteiger partial charge on any atom is -0.350 e. The van der Waals surface area contributed by atoms with E-state index < -0.39 is 6.04 Å². The van der Waals surface area contributed by atoms with Gasteiger partial charge in [-0.1, -0.05) is 32.1 Å². The maximum Gasteiger partial charge on any atom is 0.259 e. The molecule has 2 fully saturated rings. The number of anilines is 1. The minimum absolute atomic E-state index is 0.0409. The summed E-state index contributed by atoms with van der Waals surface area (Å²) in [5, 5.41) is 15.8. The molecule has 0 aromatic carbocycles. The summed E-state index contributed by atoms with van der Waals surface area (Å²) in [7, 11) is 1.60. The van der Waals surface area contributed by atoms with E-state index in [0.717, 1.165) is 16.4 Å². The molecule has 10 nitrogen and oxygen atoms in total. The van der Waals surface area contributed by atoms with Crippen LogP contribution >= 0.6 is 23.6 Å². The zero-order chi connectivity index (χ0) is 26.2. The first-order chi connectivity index (χ1) is 16.9. The number of piperidine rings is 1. The number of aromatic nitrogens is 3. The number of carbonyl (C=O) groups is 3.